The number of alkyl halides is 3. The Hall–Kier alpha value is -1.29. The molecule has 0 aromatic heterocycles. The van der Waals surface area contributed by atoms with E-state index < -0.39 is 28.6 Å². The summed E-state index contributed by atoms with van der Waals surface area (Å²) in [7, 11) is 1.53. The van der Waals surface area contributed by atoms with Gasteiger partial charge in [-0.1, -0.05) is 28.7 Å². The highest BCUT2D eigenvalue weighted by molar-refractivity contribution is 14.1. The Labute approximate surface area is 151 Å². The number of benzene rings is 1. The third-order valence-corrected chi connectivity index (χ3v) is 4.48. The maximum atomic E-state index is 14.4. The number of rotatable bonds is 7. The quantitative estimate of drug-likeness (QED) is 0.359. The molecule has 8 heteroatoms. The lowest BCUT2D eigenvalue weighted by molar-refractivity contribution is -0.128. The summed E-state index contributed by atoms with van der Waals surface area (Å²) in [4.78, 5) is 13.1. The molecule has 1 aliphatic rings. The van der Waals surface area contributed by atoms with Crippen LogP contribution in [0.4, 0.5) is 13.2 Å². The van der Waals surface area contributed by atoms with Crippen molar-refractivity contribution in [3.63, 3.8) is 0 Å². The number of amides is 1. The molecular formula is C16H17F3INO3. The first kappa shape index (κ1) is 19.0. The predicted molar refractivity (Wildman–Crippen MR) is 91.9 cm³/mol. The first-order valence-corrected chi connectivity index (χ1v) is 8.54. The largest absolute Gasteiger partial charge is 0.491 e. The van der Waals surface area contributed by atoms with Crippen molar-refractivity contribution in [3.05, 3.63) is 35.7 Å². The van der Waals surface area contributed by atoms with Gasteiger partial charge in [0.25, 0.3) is 6.43 Å². The summed E-state index contributed by atoms with van der Waals surface area (Å²) in [5, 5.41) is 0. The van der Waals surface area contributed by atoms with Crippen molar-refractivity contribution in [1.82, 2.24) is 4.90 Å². The van der Waals surface area contributed by atoms with Gasteiger partial charge in [0.1, 0.15) is 18.2 Å². The molecule has 24 heavy (non-hydrogen) atoms. The number of ether oxygens (including phenoxy) is 2. The van der Waals surface area contributed by atoms with Gasteiger partial charge in [-0.3, -0.25) is 4.79 Å². The van der Waals surface area contributed by atoms with Crippen LogP contribution in [0, 0.1) is 5.82 Å². The maximum absolute atomic E-state index is 14.4. The van der Waals surface area contributed by atoms with Crippen LogP contribution in [0.5, 0.6) is 5.75 Å². The Morgan fingerprint density at radius 2 is 2.12 bits per heavy atom. The second kappa shape index (κ2) is 8.70. The summed E-state index contributed by atoms with van der Waals surface area (Å²) in [6.07, 6.45) is -0.705. The van der Waals surface area contributed by atoms with Gasteiger partial charge in [0.05, 0.1) is 22.8 Å². The Bertz CT molecular complexity index is 625. The van der Waals surface area contributed by atoms with Gasteiger partial charge in [-0.25, -0.2) is 13.2 Å². The molecule has 1 aliphatic heterocycles. The van der Waals surface area contributed by atoms with Gasteiger partial charge in [-0.05, 0) is 18.6 Å². The van der Waals surface area contributed by atoms with Gasteiger partial charge >= 0.3 is 0 Å². The summed E-state index contributed by atoms with van der Waals surface area (Å²) >= 11 is 1.90. The highest BCUT2D eigenvalue weighted by Crippen LogP contribution is 2.32. The van der Waals surface area contributed by atoms with E-state index in [4.69, 9.17) is 9.47 Å². The Morgan fingerprint density at radius 3 is 2.75 bits per heavy atom. The van der Waals surface area contributed by atoms with Crippen molar-refractivity contribution in [2.24, 2.45) is 0 Å². The van der Waals surface area contributed by atoms with E-state index in [1.54, 1.807) is 6.08 Å². The van der Waals surface area contributed by atoms with E-state index >= 15 is 0 Å². The van der Waals surface area contributed by atoms with Crippen molar-refractivity contribution in [1.29, 1.82) is 0 Å². The van der Waals surface area contributed by atoms with Crippen LogP contribution < -0.4 is 4.74 Å². The van der Waals surface area contributed by atoms with Gasteiger partial charge in [-0.15, -0.1) is 0 Å². The Morgan fingerprint density at radius 1 is 1.38 bits per heavy atom. The maximum Gasteiger partial charge on any atom is 0.256 e. The minimum absolute atomic E-state index is 0.103. The lowest BCUT2D eigenvalue weighted by atomic mass is 10.0. The van der Waals surface area contributed by atoms with Crippen LogP contribution in [0.15, 0.2) is 24.3 Å². The van der Waals surface area contributed by atoms with Crippen LogP contribution in [0.1, 0.15) is 12.0 Å². The van der Waals surface area contributed by atoms with E-state index in [0.29, 0.717) is 18.8 Å². The summed E-state index contributed by atoms with van der Waals surface area (Å²) in [6, 6.07) is 4.14. The molecule has 132 valence electrons. The van der Waals surface area contributed by atoms with Crippen molar-refractivity contribution >= 4 is 34.2 Å². The van der Waals surface area contributed by atoms with Crippen molar-refractivity contribution in [2.45, 2.75) is 16.8 Å². The normalized spacial score (nSPS) is 18.1. The lowest BCUT2D eigenvalue weighted by Gasteiger charge is -2.31. The zero-order valence-corrected chi connectivity index (χ0v) is 15.1. The smallest absolute Gasteiger partial charge is 0.256 e. The van der Waals surface area contributed by atoms with E-state index in [-0.39, 0.29) is 17.9 Å². The highest BCUT2D eigenvalue weighted by Gasteiger charge is 2.32. The molecule has 0 fully saturated rings. The van der Waals surface area contributed by atoms with Crippen LogP contribution in [0.3, 0.4) is 0 Å². The average molecular weight is 455 g/mol. The topological polar surface area (TPSA) is 38.8 Å². The standard InChI is InChI=1S/C16H17F3INO3/c1-23-6-7-24-10-2-3-11(12(17)8-10)14-5-4-13(20)16(22)21(14)9-15(18)19/h2-3,5,8,13,15H,4,6-7,9H2,1H3. The van der Waals surface area contributed by atoms with Gasteiger partial charge in [0.15, 0.2) is 0 Å². The van der Waals surface area contributed by atoms with Gasteiger partial charge < -0.3 is 14.4 Å². The molecule has 4 nitrogen and oxygen atoms in total. The summed E-state index contributed by atoms with van der Waals surface area (Å²) in [5.41, 5.74) is 0.278. The highest BCUT2D eigenvalue weighted by atomic mass is 127. The fourth-order valence-corrected chi connectivity index (χ4v) is 2.92. The Balaban J connectivity index is 2.26. The number of nitrogens with zero attached hydrogens (tertiary/aromatic N) is 1. The second-order valence-corrected chi connectivity index (χ2v) is 6.62. The molecule has 0 spiro atoms. The number of halogens is 4. The molecule has 0 bridgehead atoms. The van der Waals surface area contributed by atoms with E-state index in [1.165, 1.54) is 25.3 Å². The van der Waals surface area contributed by atoms with Crippen molar-refractivity contribution in [3.8, 4) is 5.75 Å². The molecule has 1 amide bonds. The minimum Gasteiger partial charge on any atom is -0.491 e. The van der Waals surface area contributed by atoms with Gasteiger partial charge in [0, 0.05) is 18.7 Å². The molecular weight excluding hydrogens is 438 g/mol. The van der Waals surface area contributed by atoms with Crippen LogP contribution in [0.2, 0.25) is 0 Å². The van der Waals surface area contributed by atoms with Crippen molar-refractivity contribution in [2.75, 3.05) is 26.9 Å². The summed E-state index contributed by atoms with van der Waals surface area (Å²) < 4.78 is 49.7. The number of allylic oxidation sites excluding steroid dienone is 1. The third-order valence-electron chi connectivity index (χ3n) is 3.44. The van der Waals surface area contributed by atoms with Crippen molar-refractivity contribution < 1.29 is 27.4 Å². The summed E-state index contributed by atoms with van der Waals surface area (Å²) in [6.45, 7) is -0.123. The molecule has 0 saturated heterocycles. The zero-order valence-electron chi connectivity index (χ0n) is 13.0. The molecule has 1 atom stereocenters. The molecule has 1 unspecified atom stereocenters. The van der Waals surface area contributed by atoms with Gasteiger partial charge in [0.2, 0.25) is 5.91 Å². The summed E-state index contributed by atoms with van der Waals surface area (Å²) in [5.74, 6) is -0.758. The number of carbonyl (C=O) groups excluding carboxylic acids is 1. The SMILES string of the molecule is COCCOc1ccc(C2=CCC(I)C(=O)N2CC(F)F)c(F)c1. The molecule has 1 aromatic carbocycles. The fraction of sp³-hybridized carbons (Fsp3) is 0.438. The molecule has 0 N–H and O–H groups in total. The van der Waals surface area contributed by atoms with E-state index in [9.17, 15) is 18.0 Å². The molecule has 1 aromatic rings. The second-order valence-electron chi connectivity index (χ2n) is 5.12. The Kier molecular flexibility index (Phi) is 6.90. The number of carbonyl (C=O) groups is 1. The van der Waals surface area contributed by atoms with E-state index in [1.807, 2.05) is 22.6 Å². The number of hydrogen-bond acceptors (Lipinski definition) is 3. The molecule has 1 heterocycles. The minimum atomic E-state index is -2.70. The lowest BCUT2D eigenvalue weighted by Crippen LogP contribution is -2.41. The zero-order chi connectivity index (χ0) is 17.7. The first-order chi connectivity index (χ1) is 11.4. The molecule has 0 saturated carbocycles. The monoisotopic (exact) mass is 455 g/mol. The van der Waals surface area contributed by atoms with Crippen LogP contribution in [-0.4, -0.2) is 48.0 Å². The first-order valence-electron chi connectivity index (χ1n) is 7.29. The molecule has 0 aliphatic carbocycles. The van der Waals surface area contributed by atoms with Crippen LogP contribution >= 0.6 is 22.6 Å². The third kappa shape index (κ3) is 4.62. The van der Waals surface area contributed by atoms with Gasteiger partial charge in [-0.2, -0.15) is 0 Å². The number of methoxy groups -OCH3 is 1. The molecule has 2 rings (SSSR count). The van der Waals surface area contributed by atoms with Crippen LogP contribution in [0.25, 0.3) is 5.70 Å². The van der Waals surface area contributed by atoms with E-state index in [0.717, 1.165) is 4.90 Å². The van der Waals surface area contributed by atoms with Crippen LogP contribution in [-0.2, 0) is 9.53 Å². The molecule has 0 radical (unpaired) electrons. The number of hydrogen-bond donors (Lipinski definition) is 0. The van der Waals surface area contributed by atoms with E-state index in [2.05, 4.69) is 0 Å². The average Bonchev–Trinajstić information content (AvgIpc) is 2.53. The predicted octanol–water partition coefficient (Wildman–Crippen LogP) is 3.49. The fourth-order valence-electron chi connectivity index (χ4n) is 2.33.